The van der Waals surface area contributed by atoms with Crippen LogP contribution >= 0.6 is 0 Å². The molecule has 0 atom stereocenters. The summed E-state index contributed by atoms with van der Waals surface area (Å²) in [6, 6.07) is 17.0. The monoisotopic (exact) mass is 346 g/mol. The lowest BCUT2D eigenvalue weighted by Gasteiger charge is -2.12. The molecule has 0 saturated heterocycles. The summed E-state index contributed by atoms with van der Waals surface area (Å²) in [4.78, 5) is 17.2. The molecule has 26 heavy (non-hydrogen) atoms. The predicted molar refractivity (Wildman–Crippen MR) is 102 cm³/mol. The van der Waals surface area contributed by atoms with Crippen molar-refractivity contribution in [1.82, 2.24) is 4.98 Å². The molecule has 0 bridgehead atoms. The van der Waals surface area contributed by atoms with E-state index in [1.54, 1.807) is 25.1 Å². The SMILES string of the molecule is CCOc1cc2ccccc2cc1C(=O)Nc1ccc2oc(C)nc2c1. The Morgan fingerprint density at radius 3 is 2.65 bits per heavy atom. The van der Waals surface area contributed by atoms with Crippen molar-refractivity contribution in [2.75, 3.05) is 11.9 Å². The number of aromatic nitrogens is 1. The number of hydrogen-bond acceptors (Lipinski definition) is 4. The van der Waals surface area contributed by atoms with Gasteiger partial charge in [0.2, 0.25) is 0 Å². The molecule has 0 aliphatic carbocycles. The van der Waals surface area contributed by atoms with Gasteiger partial charge in [-0.2, -0.15) is 0 Å². The van der Waals surface area contributed by atoms with E-state index in [1.807, 2.05) is 43.3 Å². The number of oxazole rings is 1. The van der Waals surface area contributed by atoms with Crippen molar-refractivity contribution in [2.45, 2.75) is 13.8 Å². The zero-order chi connectivity index (χ0) is 18.1. The highest BCUT2D eigenvalue weighted by Gasteiger charge is 2.15. The van der Waals surface area contributed by atoms with Gasteiger partial charge in [0, 0.05) is 12.6 Å². The average Bonchev–Trinajstić information content (AvgIpc) is 3.00. The molecular formula is C21H18N2O3. The summed E-state index contributed by atoms with van der Waals surface area (Å²) in [7, 11) is 0. The van der Waals surface area contributed by atoms with Crippen LogP contribution in [0.5, 0.6) is 5.75 Å². The Hall–Kier alpha value is -3.34. The zero-order valence-corrected chi connectivity index (χ0v) is 14.6. The summed E-state index contributed by atoms with van der Waals surface area (Å²) in [5.41, 5.74) is 2.57. The van der Waals surface area contributed by atoms with Crippen LogP contribution in [0.15, 0.2) is 59.0 Å². The minimum absolute atomic E-state index is 0.223. The number of nitrogens with zero attached hydrogens (tertiary/aromatic N) is 1. The Balaban J connectivity index is 1.70. The van der Waals surface area contributed by atoms with Gasteiger partial charge in [-0.15, -0.1) is 0 Å². The van der Waals surface area contributed by atoms with E-state index < -0.39 is 0 Å². The van der Waals surface area contributed by atoms with Crippen molar-refractivity contribution in [3.8, 4) is 5.75 Å². The van der Waals surface area contributed by atoms with Crippen LogP contribution in [-0.2, 0) is 0 Å². The van der Waals surface area contributed by atoms with E-state index in [0.29, 0.717) is 40.6 Å². The fourth-order valence-electron chi connectivity index (χ4n) is 2.99. The third-order valence-electron chi connectivity index (χ3n) is 4.14. The van der Waals surface area contributed by atoms with Crippen LogP contribution < -0.4 is 10.1 Å². The molecular weight excluding hydrogens is 328 g/mol. The van der Waals surface area contributed by atoms with Gasteiger partial charge in [0.1, 0.15) is 11.3 Å². The number of hydrogen-bond donors (Lipinski definition) is 1. The topological polar surface area (TPSA) is 64.4 Å². The second-order valence-electron chi connectivity index (χ2n) is 6.00. The summed E-state index contributed by atoms with van der Waals surface area (Å²) < 4.78 is 11.2. The molecule has 3 aromatic carbocycles. The molecule has 0 spiro atoms. The Morgan fingerprint density at radius 2 is 1.88 bits per heavy atom. The van der Waals surface area contributed by atoms with Crippen LogP contribution in [0, 0.1) is 6.92 Å². The van der Waals surface area contributed by atoms with Crippen LogP contribution in [0.3, 0.4) is 0 Å². The van der Waals surface area contributed by atoms with Gasteiger partial charge in [0.05, 0.1) is 12.2 Å². The first-order chi connectivity index (χ1) is 12.6. The highest BCUT2D eigenvalue weighted by molar-refractivity contribution is 6.09. The van der Waals surface area contributed by atoms with E-state index in [-0.39, 0.29) is 5.91 Å². The molecule has 5 heteroatoms. The van der Waals surface area contributed by atoms with Crippen molar-refractivity contribution in [2.24, 2.45) is 0 Å². The van der Waals surface area contributed by atoms with Crippen LogP contribution in [-0.4, -0.2) is 17.5 Å². The van der Waals surface area contributed by atoms with Crippen molar-refractivity contribution in [1.29, 1.82) is 0 Å². The fourth-order valence-corrected chi connectivity index (χ4v) is 2.99. The van der Waals surface area contributed by atoms with Crippen LogP contribution in [0.1, 0.15) is 23.2 Å². The number of ether oxygens (including phenoxy) is 1. The highest BCUT2D eigenvalue weighted by Crippen LogP contribution is 2.28. The van der Waals surface area contributed by atoms with Gasteiger partial charge in [-0.25, -0.2) is 4.98 Å². The molecule has 0 aliphatic heterocycles. The predicted octanol–water partition coefficient (Wildman–Crippen LogP) is 4.94. The minimum Gasteiger partial charge on any atom is -0.493 e. The first-order valence-corrected chi connectivity index (χ1v) is 8.48. The molecule has 1 aromatic heterocycles. The summed E-state index contributed by atoms with van der Waals surface area (Å²) >= 11 is 0. The largest absolute Gasteiger partial charge is 0.493 e. The lowest BCUT2D eigenvalue weighted by molar-refractivity contribution is 0.102. The number of carbonyl (C=O) groups is 1. The number of benzene rings is 3. The third-order valence-corrected chi connectivity index (χ3v) is 4.14. The van der Waals surface area contributed by atoms with E-state index in [1.165, 1.54) is 0 Å². The number of fused-ring (bicyclic) bond motifs is 2. The standard InChI is InChI=1S/C21H18N2O3/c1-3-25-20-11-15-7-5-4-6-14(15)10-17(20)21(24)23-16-8-9-19-18(12-16)22-13(2)26-19/h4-12H,3H2,1-2H3,(H,23,24). The van der Waals surface area contributed by atoms with Gasteiger partial charge in [0.25, 0.3) is 5.91 Å². The number of carbonyl (C=O) groups excluding carboxylic acids is 1. The lowest BCUT2D eigenvalue weighted by atomic mass is 10.1. The second kappa shape index (κ2) is 6.52. The van der Waals surface area contributed by atoms with Gasteiger partial charge >= 0.3 is 0 Å². The van der Waals surface area contributed by atoms with Gasteiger partial charge in [-0.3, -0.25) is 4.79 Å². The van der Waals surface area contributed by atoms with Crippen LogP contribution in [0.4, 0.5) is 5.69 Å². The molecule has 1 heterocycles. The molecule has 4 rings (SSSR count). The lowest BCUT2D eigenvalue weighted by Crippen LogP contribution is -2.13. The van der Waals surface area contributed by atoms with Crippen molar-refractivity contribution >= 4 is 33.5 Å². The Bertz CT molecular complexity index is 1110. The third kappa shape index (κ3) is 2.99. The van der Waals surface area contributed by atoms with E-state index in [0.717, 1.165) is 10.8 Å². The summed E-state index contributed by atoms with van der Waals surface area (Å²) in [5, 5.41) is 4.95. The van der Waals surface area contributed by atoms with Crippen LogP contribution in [0.25, 0.3) is 21.9 Å². The maximum Gasteiger partial charge on any atom is 0.259 e. The van der Waals surface area contributed by atoms with Crippen molar-refractivity contribution < 1.29 is 13.9 Å². The zero-order valence-electron chi connectivity index (χ0n) is 14.6. The van der Waals surface area contributed by atoms with E-state index in [9.17, 15) is 4.79 Å². The number of rotatable bonds is 4. The van der Waals surface area contributed by atoms with Crippen LogP contribution in [0.2, 0.25) is 0 Å². The van der Waals surface area contributed by atoms with E-state index in [4.69, 9.17) is 9.15 Å². The molecule has 0 radical (unpaired) electrons. The Kier molecular flexibility index (Phi) is 4.05. The highest BCUT2D eigenvalue weighted by atomic mass is 16.5. The maximum atomic E-state index is 12.9. The number of aryl methyl sites for hydroxylation is 1. The van der Waals surface area contributed by atoms with Gasteiger partial charge in [0.15, 0.2) is 11.5 Å². The summed E-state index contributed by atoms with van der Waals surface area (Å²) in [6.45, 7) is 4.18. The molecule has 130 valence electrons. The molecule has 1 amide bonds. The first kappa shape index (κ1) is 16.1. The Morgan fingerprint density at radius 1 is 1.12 bits per heavy atom. The molecule has 1 N–H and O–H groups in total. The quantitative estimate of drug-likeness (QED) is 0.568. The number of anilines is 1. The molecule has 0 fully saturated rings. The first-order valence-electron chi connectivity index (χ1n) is 8.48. The summed E-state index contributed by atoms with van der Waals surface area (Å²) in [6.07, 6.45) is 0. The number of amides is 1. The van der Waals surface area contributed by atoms with Crippen molar-refractivity contribution in [3.63, 3.8) is 0 Å². The fraction of sp³-hybridized carbons (Fsp3) is 0.143. The Labute approximate surface area is 150 Å². The maximum absolute atomic E-state index is 12.9. The van der Waals surface area contributed by atoms with Gasteiger partial charge in [-0.1, -0.05) is 24.3 Å². The summed E-state index contributed by atoms with van der Waals surface area (Å²) in [5.74, 6) is 0.942. The molecule has 0 saturated carbocycles. The van der Waals surface area contributed by atoms with Gasteiger partial charge < -0.3 is 14.5 Å². The van der Waals surface area contributed by atoms with E-state index in [2.05, 4.69) is 10.3 Å². The molecule has 0 unspecified atom stereocenters. The normalized spacial score (nSPS) is 11.0. The van der Waals surface area contributed by atoms with E-state index >= 15 is 0 Å². The average molecular weight is 346 g/mol. The van der Waals surface area contributed by atoms with Crippen molar-refractivity contribution in [3.05, 3.63) is 66.1 Å². The van der Waals surface area contributed by atoms with Gasteiger partial charge in [-0.05, 0) is 48.0 Å². The minimum atomic E-state index is -0.223. The molecule has 4 aromatic rings. The molecule has 5 nitrogen and oxygen atoms in total. The molecule has 0 aliphatic rings. The smallest absolute Gasteiger partial charge is 0.259 e. The second-order valence-corrected chi connectivity index (χ2v) is 6.00. The number of nitrogens with one attached hydrogen (secondary N) is 1.